The van der Waals surface area contributed by atoms with Gasteiger partial charge in [0.1, 0.15) is 0 Å². The smallest absolute Gasteiger partial charge is 0.00639 e. The van der Waals surface area contributed by atoms with E-state index in [1.165, 1.54) is 16.7 Å². The van der Waals surface area contributed by atoms with Crippen molar-refractivity contribution in [2.45, 2.75) is 19.8 Å². The third-order valence-electron chi connectivity index (χ3n) is 2.90. The van der Waals surface area contributed by atoms with E-state index in [4.69, 9.17) is 0 Å². The molecule has 0 saturated heterocycles. The van der Waals surface area contributed by atoms with E-state index in [0.29, 0.717) is 0 Å². The van der Waals surface area contributed by atoms with Crippen LogP contribution in [0.4, 0.5) is 0 Å². The predicted molar refractivity (Wildman–Crippen MR) is 74.9 cm³/mol. The molecular formula is C17H18. The fourth-order valence-electron chi connectivity index (χ4n) is 1.92. The lowest BCUT2D eigenvalue weighted by Crippen LogP contribution is -1.89. The molecule has 0 aliphatic carbocycles. The first-order valence-electron chi connectivity index (χ1n) is 6.17. The van der Waals surface area contributed by atoms with Gasteiger partial charge < -0.3 is 0 Å². The highest BCUT2D eigenvalue weighted by Gasteiger charge is 1.97. The summed E-state index contributed by atoms with van der Waals surface area (Å²) in [6.45, 7) is 2.22. The van der Waals surface area contributed by atoms with E-state index in [2.05, 4.69) is 73.7 Å². The summed E-state index contributed by atoms with van der Waals surface area (Å²) in [5.74, 6) is 0. The van der Waals surface area contributed by atoms with Crippen molar-refractivity contribution >= 4 is 6.08 Å². The van der Waals surface area contributed by atoms with Crippen molar-refractivity contribution in [3.8, 4) is 0 Å². The second-order valence-corrected chi connectivity index (χ2v) is 4.23. The van der Waals surface area contributed by atoms with Crippen molar-refractivity contribution < 1.29 is 0 Å². The average Bonchev–Trinajstić information content (AvgIpc) is 2.40. The van der Waals surface area contributed by atoms with Crippen molar-refractivity contribution in [2.75, 3.05) is 0 Å². The summed E-state index contributed by atoms with van der Waals surface area (Å²) in [5.41, 5.74) is 4.15. The number of allylic oxidation sites excluding steroid dienone is 1. The van der Waals surface area contributed by atoms with Crippen LogP contribution >= 0.6 is 0 Å². The first-order valence-corrected chi connectivity index (χ1v) is 6.17. The zero-order valence-electron chi connectivity index (χ0n) is 10.3. The molecule has 0 heteroatoms. The Bertz CT molecular complexity index is 466. The monoisotopic (exact) mass is 222 g/mol. The Labute approximate surface area is 104 Å². The van der Waals surface area contributed by atoms with Crippen molar-refractivity contribution in [3.05, 3.63) is 77.4 Å². The van der Waals surface area contributed by atoms with Crippen LogP contribution in [0.1, 0.15) is 24.5 Å². The molecule has 2 aromatic carbocycles. The average molecular weight is 222 g/mol. The van der Waals surface area contributed by atoms with Crippen LogP contribution in [0.2, 0.25) is 0 Å². The highest BCUT2D eigenvalue weighted by molar-refractivity contribution is 5.53. The van der Waals surface area contributed by atoms with E-state index in [9.17, 15) is 0 Å². The molecule has 0 atom stereocenters. The van der Waals surface area contributed by atoms with E-state index in [0.717, 1.165) is 12.8 Å². The lowest BCUT2D eigenvalue weighted by atomic mass is 10.0. The predicted octanol–water partition coefficient (Wildman–Crippen LogP) is 4.72. The van der Waals surface area contributed by atoms with Crippen molar-refractivity contribution in [2.24, 2.45) is 0 Å². The molecule has 0 aromatic heterocycles. The van der Waals surface area contributed by atoms with Gasteiger partial charge in [0, 0.05) is 0 Å². The molecule has 0 amide bonds. The van der Waals surface area contributed by atoms with Crippen molar-refractivity contribution in [1.82, 2.24) is 0 Å². The Morgan fingerprint density at radius 2 is 1.47 bits per heavy atom. The summed E-state index contributed by atoms with van der Waals surface area (Å²) >= 11 is 0. The van der Waals surface area contributed by atoms with Gasteiger partial charge in [0.05, 0.1) is 0 Å². The second kappa shape index (κ2) is 6.05. The van der Waals surface area contributed by atoms with E-state index in [1.54, 1.807) is 0 Å². The Balaban J connectivity index is 2.15. The minimum absolute atomic E-state index is 1.05. The molecule has 0 spiro atoms. The Kier molecular flexibility index (Phi) is 4.15. The second-order valence-electron chi connectivity index (χ2n) is 4.23. The van der Waals surface area contributed by atoms with Gasteiger partial charge in [-0.15, -0.1) is 0 Å². The Morgan fingerprint density at radius 3 is 2.06 bits per heavy atom. The molecule has 0 fully saturated rings. The van der Waals surface area contributed by atoms with Gasteiger partial charge in [-0.1, -0.05) is 79.2 Å². The number of hydrogen-bond acceptors (Lipinski definition) is 0. The number of benzene rings is 2. The summed E-state index contributed by atoms with van der Waals surface area (Å²) in [4.78, 5) is 0. The molecule has 0 nitrogen and oxygen atoms in total. The molecule has 0 radical (unpaired) electrons. The van der Waals surface area contributed by atoms with E-state index in [1.807, 2.05) is 0 Å². The first kappa shape index (κ1) is 11.7. The van der Waals surface area contributed by atoms with Gasteiger partial charge >= 0.3 is 0 Å². The van der Waals surface area contributed by atoms with Gasteiger partial charge in [-0.05, 0) is 24.0 Å². The summed E-state index contributed by atoms with van der Waals surface area (Å²) in [5, 5.41) is 0. The maximum atomic E-state index is 2.30. The lowest BCUT2D eigenvalue weighted by molar-refractivity contribution is 1.02. The topological polar surface area (TPSA) is 0 Å². The molecular weight excluding hydrogens is 204 g/mol. The maximum absolute atomic E-state index is 2.30. The zero-order chi connectivity index (χ0) is 11.9. The Hall–Kier alpha value is -1.82. The van der Waals surface area contributed by atoms with Crippen LogP contribution in [-0.4, -0.2) is 0 Å². The van der Waals surface area contributed by atoms with Crippen LogP contribution in [0.15, 0.2) is 66.2 Å². The van der Waals surface area contributed by atoms with Gasteiger partial charge in [0.2, 0.25) is 0 Å². The van der Waals surface area contributed by atoms with Crippen LogP contribution in [0, 0.1) is 0 Å². The molecule has 2 rings (SSSR count). The largest absolute Gasteiger partial charge is 0.0655 e. The fraction of sp³-hybridized carbons (Fsp3) is 0.176. The quantitative estimate of drug-likeness (QED) is 0.702. The van der Waals surface area contributed by atoms with Gasteiger partial charge in [-0.2, -0.15) is 0 Å². The molecule has 0 unspecified atom stereocenters. The van der Waals surface area contributed by atoms with Crippen LogP contribution < -0.4 is 0 Å². The van der Waals surface area contributed by atoms with Crippen molar-refractivity contribution in [1.29, 1.82) is 0 Å². The highest BCUT2D eigenvalue weighted by atomic mass is 14.0. The summed E-state index contributed by atoms with van der Waals surface area (Å²) < 4.78 is 0. The molecule has 0 saturated carbocycles. The fourth-order valence-corrected chi connectivity index (χ4v) is 1.92. The van der Waals surface area contributed by atoms with Crippen LogP contribution in [0.5, 0.6) is 0 Å². The molecule has 0 aliphatic heterocycles. The summed E-state index contributed by atoms with van der Waals surface area (Å²) in [7, 11) is 0. The number of rotatable bonds is 4. The summed E-state index contributed by atoms with van der Waals surface area (Å²) in [6, 6.07) is 21.2. The Morgan fingerprint density at radius 1 is 0.882 bits per heavy atom. The third kappa shape index (κ3) is 3.60. The maximum Gasteiger partial charge on any atom is -0.00639 e. The van der Waals surface area contributed by atoms with E-state index < -0.39 is 0 Å². The first-order chi connectivity index (χ1) is 8.38. The van der Waals surface area contributed by atoms with Crippen molar-refractivity contribution in [3.63, 3.8) is 0 Å². The molecule has 0 heterocycles. The van der Waals surface area contributed by atoms with E-state index >= 15 is 0 Å². The molecule has 0 aliphatic rings. The normalized spacial score (nSPS) is 11.5. The molecule has 86 valence electrons. The van der Waals surface area contributed by atoms with Gasteiger partial charge in [-0.3, -0.25) is 0 Å². The van der Waals surface area contributed by atoms with E-state index in [-0.39, 0.29) is 0 Å². The SMILES string of the molecule is CC/C(=C\c1ccccc1)Cc1ccccc1. The zero-order valence-corrected chi connectivity index (χ0v) is 10.3. The molecule has 0 N–H and O–H groups in total. The molecule has 2 aromatic rings. The summed E-state index contributed by atoms with van der Waals surface area (Å²) in [6.07, 6.45) is 4.45. The third-order valence-corrected chi connectivity index (χ3v) is 2.90. The van der Waals surface area contributed by atoms with Crippen LogP contribution in [0.25, 0.3) is 6.08 Å². The minimum Gasteiger partial charge on any atom is -0.0655 e. The molecule has 0 bridgehead atoms. The molecule has 17 heavy (non-hydrogen) atoms. The van der Waals surface area contributed by atoms with Gasteiger partial charge in [0.25, 0.3) is 0 Å². The van der Waals surface area contributed by atoms with Gasteiger partial charge in [0.15, 0.2) is 0 Å². The lowest BCUT2D eigenvalue weighted by Gasteiger charge is -2.05. The van der Waals surface area contributed by atoms with Crippen LogP contribution in [-0.2, 0) is 6.42 Å². The highest BCUT2D eigenvalue weighted by Crippen LogP contribution is 2.15. The van der Waals surface area contributed by atoms with Crippen LogP contribution in [0.3, 0.4) is 0 Å². The van der Waals surface area contributed by atoms with Gasteiger partial charge in [-0.25, -0.2) is 0 Å². The minimum atomic E-state index is 1.05. The standard InChI is InChI=1S/C17H18/c1-2-15(13-16-9-5-3-6-10-16)14-17-11-7-4-8-12-17/h3-13H,2,14H2,1H3/b15-13+. The number of hydrogen-bond donors (Lipinski definition) is 0.